The summed E-state index contributed by atoms with van der Waals surface area (Å²) >= 11 is 11.9. The minimum Gasteiger partial charge on any atom is -0.399 e. The molecule has 1 fully saturated rings. The van der Waals surface area contributed by atoms with Gasteiger partial charge >= 0.3 is 0 Å². The molecule has 0 spiro atoms. The van der Waals surface area contributed by atoms with E-state index in [4.69, 9.17) is 38.8 Å². The van der Waals surface area contributed by atoms with Gasteiger partial charge in [0.05, 0.1) is 29.4 Å². The van der Waals surface area contributed by atoms with Crippen molar-refractivity contribution < 1.29 is 18.3 Å². The third-order valence-electron chi connectivity index (χ3n) is 2.92. The predicted octanol–water partition coefficient (Wildman–Crippen LogP) is 0.957. The molecule has 0 bridgehead atoms. The van der Waals surface area contributed by atoms with Crippen LogP contribution in [0.2, 0.25) is 10.0 Å². The largest absolute Gasteiger partial charge is 0.399 e. The number of nitrogens with zero attached hydrogens (tertiary/aromatic N) is 1. The maximum absolute atomic E-state index is 12.6. The molecule has 1 aromatic rings. The summed E-state index contributed by atoms with van der Waals surface area (Å²) < 4.78 is 31.6. The van der Waals surface area contributed by atoms with Crippen molar-refractivity contribution >= 4 is 38.9 Å². The lowest BCUT2D eigenvalue weighted by atomic mass is 10.3. The summed E-state index contributed by atoms with van der Waals surface area (Å²) in [6.45, 7) is 0.176. The monoisotopic (exact) mass is 340 g/mol. The van der Waals surface area contributed by atoms with Crippen LogP contribution in [0.4, 0.5) is 5.69 Å². The number of morpholine rings is 1. The molecule has 0 saturated carbocycles. The van der Waals surface area contributed by atoms with Crippen molar-refractivity contribution in [2.24, 2.45) is 0 Å². The standard InChI is InChI=1S/C11H14Cl2N2O4S/c12-9-3-7(14)4-10(13)11(9)20(17,18)15-1-2-19-8(5-15)6-16/h3-4,8,16H,1-2,5-6,14H2. The molecule has 1 unspecified atom stereocenters. The lowest BCUT2D eigenvalue weighted by molar-refractivity contribution is -0.0304. The van der Waals surface area contributed by atoms with Crippen LogP contribution < -0.4 is 5.73 Å². The van der Waals surface area contributed by atoms with Crippen LogP contribution in [0.15, 0.2) is 17.0 Å². The number of benzene rings is 1. The molecule has 1 atom stereocenters. The molecule has 20 heavy (non-hydrogen) atoms. The number of hydrogen-bond acceptors (Lipinski definition) is 5. The highest BCUT2D eigenvalue weighted by Gasteiger charge is 2.33. The van der Waals surface area contributed by atoms with Gasteiger partial charge in [-0.25, -0.2) is 8.42 Å². The third kappa shape index (κ3) is 3.03. The van der Waals surface area contributed by atoms with Gasteiger partial charge in [-0.3, -0.25) is 0 Å². The number of anilines is 1. The topological polar surface area (TPSA) is 92.9 Å². The second-order valence-electron chi connectivity index (χ2n) is 4.35. The molecule has 1 heterocycles. The molecule has 112 valence electrons. The van der Waals surface area contributed by atoms with Crippen molar-refractivity contribution in [1.82, 2.24) is 4.31 Å². The zero-order valence-electron chi connectivity index (χ0n) is 10.4. The molecule has 2 rings (SSSR count). The van der Waals surface area contributed by atoms with Crippen LogP contribution in [0, 0.1) is 0 Å². The minimum absolute atomic E-state index is 0.0259. The first-order valence-corrected chi connectivity index (χ1v) is 8.03. The highest BCUT2D eigenvalue weighted by Crippen LogP contribution is 2.34. The first kappa shape index (κ1) is 15.8. The van der Waals surface area contributed by atoms with E-state index in [0.717, 1.165) is 0 Å². The molecule has 0 radical (unpaired) electrons. The summed E-state index contributed by atoms with van der Waals surface area (Å²) in [5.41, 5.74) is 5.85. The molecular weight excluding hydrogens is 327 g/mol. The quantitative estimate of drug-likeness (QED) is 0.799. The first-order chi connectivity index (χ1) is 9.36. The lowest BCUT2D eigenvalue weighted by Gasteiger charge is -2.31. The number of nitrogen functional groups attached to an aromatic ring is 1. The van der Waals surface area contributed by atoms with Crippen LogP contribution in [0.1, 0.15) is 0 Å². The molecule has 0 aliphatic carbocycles. The number of aliphatic hydroxyl groups is 1. The maximum atomic E-state index is 12.6. The zero-order valence-corrected chi connectivity index (χ0v) is 12.7. The van der Waals surface area contributed by atoms with Gasteiger partial charge < -0.3 is 15.6 Å². The Morgan fingerprint density at radius 2 is 2.00 bits per heavy atom. The Hall–Kier alpha value is -0.570. The van der Waals surface area contributed by atoms with E-state index in [2.05, 4.69) is 0 Å². The van der Waals surface area contributed by atoms with Gasteiger partial charge in [-0.2, -0.15) is 4.31 Å². The van der Waals surface area contributed by atoms with Gasteiger partial charge in [0.25, 0.3) is 0 Å². The van der Waals surface area contributed by atoms with Gasteiger partial charge in [0.1, 0.15) is 4.90 Å². The van der Waals surface area contributed by atoms with Gasteiger partial charge in [0.2, 0.25) is 10.0 Å². The second-order valence-corrected chi connectivity index (χ2v) is 7.04. The zero-order chi connectivity index (χ0) is 14.9. The molecule has 1 aliphatic rings. The van der Waals surface area contributed by atoms with E-state index >= 15 is 0 Å². The number of nitrogens with two attached hydrogens (primary N) is 1. The Labute approximate surface area is 127 Å². The number of aliphatic hydroxyl groups excluding tert-OH is 1. The van der Waals surface area contributed by atoms with Crippen LogP contribution >= 0.6 is 23.2 Å². The summed E-state index contributed by atoms with van der Waals surface area (Å²) in [7, 11) is -3.86. The summed E-state index contributed by atoms with van der Waals surface area (Å²) in [6, 6.07) is 2.68. The molecule has 1 aliphatic heterocycles. The van der Waals surface area contributed by atoms with Gasteiger partial charge in [-0.1, -0.05) is 23.2 Å². The number of sulfonamides is 1. The Morgan fingerprint density at radius 1 is 1.40 bits per heavy atom. The van der Waals surface area contributed by atoms with Crippen LogP contribution in [0.25, 0.3) is 0 Å². The average Bonchev–Trinajstić information content (AvgIpc) is 2.37. The van der Waals surface area contributed by atoms with E-state index < -0.39 is 16.1 Å². The van der Waals surface area contributed by atoms with Crippen molar-refractivity contribution in [3.05, 3.63) is 22.2 Å². The fourth-order valence-electron chi connectivity index (χ4n) is 1.98. The lowest BCUT2D eigenvalue weighted by Crippen LogP contribution is -2.46. The summed E-state index contributed by atoms with van der Waals surface area (Å²) in [5.74, 6) is 0. The van der Waals surface area contributed by atoms with E-state index in [-0.39, 0.29) is 46.9 Å². The maximum Gasteiger partial charge on any atom is 0.246 e. The van der Waals surface area contributed by atoms with Gasteiger partial charge in [0.15, 0.2) is 0 Å². The Morgan fingerprint density at radius 3 is 2.55 bits per heavy atom. The molecule has 1 saturated heterocycles. The van der Waals surface area contributed by atoms with E-state index in [1.807, 2.05) is 0 Å². The Balaban J connectivity index is 2.40. The summed E-state index contributed by atoms with van der Waals surface area (Å²) in [5, 5.41) is 9.02. The van der Waals surface area contributed by atoms with Gasteiger partial charge in [-0.05, 0) is 12.1 Å². The normalized spacial score (nSPS) is 21.1. The number of ether oxygens (including phenoxy) is 1. The molecular formula is C11H14Cl2N2O4S. The van der Waals surface area contributed by atoms with Crippen molar-refractivity contribution in [2.75, 3.05) is 32.0 Å². The van der Waals surface area contributed by atoms with E-state index in [1.54, 1.807) is 0 Å². The Kier molecular flexibility index (Phi) is 4.78. The first-order valence-electron chi connectivity index (χ1n) is 5.83. The summed E-state index contributed by atoms with van der Waals surface area (Å²) in [4.78, 5) is -0.173. The smallest absolute Gasteiger partial charge is 0.246 e. The summed E-state index contributed by atoms with van der Waals surface area (Å²) in [6.07, 6.45) is -0.551. The molecule has 0 amide bonds. The average molecular weight is 341 g/mol. The van der Waals surface area contributed by atoms with Crippen LogP contribution in [0.3, 0.4) is 0 Å². The molecule has 6 nitrogen and oxygen atoms in total. The second kappa shape index (κ2) is 6.05. The Bertz CT molecular complexity index is 585. The molecule has 9 heteroatoms. The molecule has 1 aromatic carbocycles. The van der Waals surface area contributed by atoms with Crippen molar-refractivity contribution in [3.8, 4) is 0 Å². The highest BCUT2D eigenvalue weighted by molar-refractivity contribution is 7.89. The fraction of sp³-hybridized carbons (Fsp3) is 0.455. The third-order valence-corrected chi connectivity index (χ3v) is 5.71. The van der Waals surface area contributed by atoms with E-state index in [9.17, 15) is 8.42 Å². The molecule has 3 N–H and O–H groups in total. The van der Waals surface area contributed by atoms with Crippen LogP contribution in [-0.2, 0) is 14.8 Å². The van der Waals surface area contributed by atoms with E-state index in [0.29, 0.717) is 0 Å². The number of rotatable bonds is 3. The molecule has 0 aromatic heterocycles. The van der Waals surface area contributed by atoms with Crippen molar-refractivity contribution in [3.63, 3.8) is 0 Å². The minimum atomic E-state index is -3.86. The van der Waals surface area contributed by atoms with Crippen molar-refractivity contribution in [2.45, 2.75) is 11.0 Å². The van der Waals surface area contributed by atoms with E-state index in [1.165, 1.54) is 16.4 Å². The number of hydrogen-bond donors (Lipinski definition) is 2. The fourth-order valence-corrected chi connectivity index (χ4v) is 4.61. The predicted molar refractivity (Wildman–Crippen MR) is 76.5 cm³/mol. The van der Waals surface area contributed by atoms with Gasteiger partial charge in [-0.15, -0.1) is 0 Å². The highest BCUT2D eigenvalue weighted by atomic mass is 35.5. The van der Waals surface area contributed by atoms with Gasteiger partial charge in [0, 0.05) is 18.8 Å². The van der Waals surface area contributed by atoms with Crippen LogP contribution in [0.5, 0.6) is 0 Å². The van der Waals surface area contributed by atoms with Crippen LogP contribution in [-0.4, -0.2) is 50.2 Å². The number of halogens is 2. The van der Waals surface area contributed by atoms with Crippen molar-refractivity contribution in [1.29, 1.82) is 0 Å². The SMILES string of the molecule is Nc1cc(Cl)c(S(=O)(=O)N2CCOC(CO)C2)c(Cl)c1.